The molecule has 19 heavy (non-hydrogen) atoms. The van der Waals surface area contributed by atoms with Crippen LogP contribution in [0.1, 0.15) is 28.6 Å². The van der Waals surface area contributed by atoms with Crippen molar-refractivity contribution in [2.24, 2.45) is 0 Å². The highest BCUT2D eigenvalue weighted by Gasteiger charge is 2.18. The number of carbonyl (C=O) groups is 1. The molecule has 0 aliphatic rings. The zero-order chi connectivity index (χ0) is 14.3. The third-order valence-electron chi connectivity index (χ3n) is 2.68. The molecule has 1 unspecified atom stereocenters. The van der Waals surface area contributed by atoms with Gasteiger partial charge in [-0.1, -0.05) is 11.8 Å². The van der Waals surface area contributed by atoms with Gasteiger partial charge in [0.05, 0.1) is 29.7 Å². The van der Waals surface area contributed by atoms with Gasteiger partial charge in [-0.25, -0.2) is 0 Å². The Balaban J connectivity index is 2.71. The Kier molecular flexibility index (Phi) is 6.57. The normalized spacial score (nSPS) is 11.6. The van der Waals surface area contributed by atoms with Gasteiger partial charge in [0, 0.05) is 26.0 Å². The minimum Gasteiger partial charge on any atom is -0.395 e. The number of methoxy groups -OCH3 is 1. The SMILES string of the molecule is COCC(C)N(C)C(=O)c1csc(C#CCCO)c1. The van der Waals surface area contributed by atoms with Crippen molar-refractivity contribution in [3.05, 3.63) is 21.9 Å². The fraction of sp³-hybridized carbons (Fsp3) is 0.500. The molecular weight excluding hydrogens is 262 g/mol. The van der Waals surface area contributed by atoms with Crippen LogP contribution < -0.4 is 0 Å². The summed E-state index contributed by atoms with van der Waals surface area (Å²) in [5.74, 6) is 5.74. The van der Waals surface area contributed by atoms with Gasteiger partial charge in [-0.2, -0.15) is 0 Å². The van der Waals surface area contributed by atoms with Crippen molar-refractivity contribution in [2.45, 2.75) is 19.4 Å². The molecule has 1 N–H and O–H groups in total. The van der Waals surface area contributed by atoms with E-state index in [1.54, 1.807) is 30.5 Å². The molecule has 1 aromatic heterocycles. The molecule has 0 saturated carbocycles. The number of carbonyl (C=O) groups excluding carboxylic acids is 1. The largest absolute Gasteiger partial charge is 0.395 e. The highest BCUT2D eigenvalue weighted by atomic mass is 32.1. The molecule has 0 bridgehead atoms. The third kappa shape index (κ3) is 4.67. The van der Waals surface area contributed by atoms with Crippen molar-refractivity contribution in [3.8, 4) is 11.8 Å². The molecule has 0 spiro atoms. The summed E-state index contributed by atoms with van der Waals surface area (Å²) in [6.07, 6.45) is 0.450. The van der Waals surface area contributed by atoms with E-state index >= 15 is 0 Å². The molecule has 1 heterocycles. The van der Waals surface area contributed by atoms with Crippen molar-refractivity contribution in [3.63, 3.8) is 0 Å². The van der Waals surface area contributed by atoms with Gasteiger partial charge in [-0.3, -0.25) is 4.79 Å². The third-order valence-corrected chi connectivity index (χ3v) is 3.53. The van der Waals surface area contributed by atoms with Crippen LogP contribution in [0.2, 0.25) is 0 Å². The van der Waals surface area contributed by atoms with Crippen molar-refractivity contribution in [1.29, 1.82) is 0 Å². The second kappa shape index (κ2) is 7.95. The monoisotopic (exact) mass is 281 g/mol. The lowest BCUT2D eigenvalue weighted by Gasteiger charge is -2.23. The van der Waals surface area contributed by atoms with E-state index in [-0.39, 0.29) is 18.6 Å². The van der Waals surface area contributed by atoms with Crippen molar-refractivity contribution in [2.75, 3.05) is 27.4 Å². The number of hydrogen-bond donors (Lipinski definition) is 1. The maximum Gasteiger partial charge on any atom is 0.254 e. The van der Waals surface area contributed by atoms with Gasteiger partial charge in [0.25, 0.3) is 5.91 Å². The number of nitrogens with zero attached hydrogens (tertiary/aromatic N) is 1. The van der Waals surface area contributed by atoms with Crippen LogP contribution in [0, 0.1) is 11.8 Å². The van der Waals surface area contributed by atoms with E-state index in [4.69, 9.17) is 9.84 Å². The fourth-order valence-corrected chi connectivity index (χ4v) is 2.23. The Morgan fingerprint density at radius 3 is 3.00 bits per heavy atom. The van der Waals surface area contributed by atoms with Crippen LogP contribution in [-0.2, 0) is 4.74 Å². The standard InChI is InChI=1S/C14H19NO3S/c1-11(9-18-3)15(2)14(17)12-8-13(19-10-12)6-4-5-7-16/h8,10-11,16H,5,7,9H2,1-3H3. The number of likely N-dealkylation sites (N-methyl/N-ethyl adjacent to an activating group) is 1. The lowest BCUT2D eigenvalue weighted by Crippen LogP contribution is -2.37. The molecule has 0 radical (unpaired) electrons. The minimum atomic E-state index is -0.0315. The summed E-state index contributed by atoms with van der Waals surface area (Å²) in [6, 6.07) is 1.81. The van der Waals surface area contributed by atoms with Crippen molar-refractivity contribution in [1.82, 2.24) is 4.90 Å². The van der Waals surface area contributed by atoms with Crippen LogP contribution in [-0.4, -0.2) is 49.3 Å². The summed E-state index contributed by atoms with van der Waals surface area (Å²) >= 11 is 1.44. The van der Waals surface area contributed by atoms with Crippen LogP contribution >= 0.6 is 11.3 Å². The van der Waals surface area contributed by atoms with Crippen LogP contribution in [0.4, 0.5) is 0 Å². The topological polar surface area (TPSA) is 49.8 Å². The Labute approximate surface area is 118 Å². The number of thiophene rings is 1. The molecule has 0 saturated heterocycles. The number of ether oxygens (including phenoxy) is 1. The van der Waals surface area contributed by atoms with Crippen LogP contribution in [0.3, 0.4) is 0 Å². The summed E-state index contributed by atoms with van der Waals surface area (Å²) in [5.41, 5.74) is 0.642. The second-order valence-electron chi connectivity index (χ2n) is 4.20. The Morgan fingerprint density at radius 1 is 1.63 bits per heavy atom. The zero-order valence-electron chi connectivity index (χ0n) is 11.5. The average Bonchev–Trinajstić information content (AvgIpc) is 2.86. The molecule has 0 fully saturated rings. The van der Waals surface area contributed by atoms with E-state index in [1.165, 1.54) is 11.3 Å². The molecule has 1 amide bonds. The van der Waals surface area contributed by atoms with Crippen LogP contribution in [0.15, 0.2) is 11.4 Å². The molecule has 0 aliphatic heterocycles. The predicted molar refractivity (Wildman–Crippen MR) is 76.3 cm³/mol. The first-order valence-corrected chi connectivity index (χ1v) is 6.92. The van der Waals surface area contributed by atoms with E-state index in [2.05, 4.69) is 11.8 Å². The van der Waals surface area contributed by atoms with E-state index in [1.807, 2.05) is 6.92 Å². The first-order valence-electron chi connectivity index (χ1n) is 6.04. The maximum atomic E-state index is 12.2. The van der Waals surface area contributed by atoms with E-state index in [0.717, 1.165) is 4.88 Å². The zero-order valence-corrected chi connectivity index (χ0v) is 12.3. The first-order chi connectivity index (χ1) is 9.10. The fourth-order valence-electron chi connectivity index (χ4n) is 1.48. The number of rotatable bonds is 5. The molecule has 104 valence electrons. The molecule has 0 aromatic carbocycles. The summed E-state index contributed by atoms with van der Waals surface area (Å²) in [5, 5.41) is 10.5. The molecule has 1 rings (SSSR count). The lowest BCUT2D eigenvalue weighted by molar-refractivity contribution is 0.0634. The van der Waals surface area contributed by atoms with Crippen LogP contribution in [0.25, 0.3) is 0 Å². The molecule has 1 aromatic rings. The quantitative estimate of drug-likeness (QED) is 0.834. The van der Waals surface area contributed by atoms with Gasteiger partial charge >= 0.3 is 0 Å². The van der Waals surface area contributed by atoms with Gasteiger partial charge in [0.1, 0.15) is 0 Å². The first kappa shape index (κ1) is 15.7. The van der Waals surface area contributed by atoms with Crippen LogP contribution in [0.5, 0.6) is 0 Å². The van der Waals surface area contributed by atoms with Gasteiger partial charge in [-0.15, -0.1) is 11.3 Å². The van der Waals surface area contributed by atoms with Crippen molar-refractivity contribution >= 4 is 17.2 Å². The molecule has 0 aliphatic carbocycles. The van der Waals surface area contributed by atoms with Gasteiger partial charge < -0.3 is 14.7 Å². The molecular formula is C14H19NO3S. The second-order valence-corrected chi connectivity index (χ2v) is 5.11. The summed E-state index contributed by atoms with van der Waals surface area (Å²) in [4.78, 5) is 14.7. The van der Waals surface area contributed by atoms with E-state index in [0.29, 0.717) is 18.6 Å². The lowest BCUT2D eigenvalue weighted by atomic mass is 10.2. The molecule has 5 heteroatoms. The Morgan fingerprint density at radius 2 is 2.37 bits per heavy atom. The predicted octanol–water partition coefficient (Wildman–Crippen LogP) is 1.59. The molecule has 1 atom stereocenters. The number of aliphatic hydroxyl groups excluding tert-OH is 1. The van der Waals surface area contributed by atoms with Gasteiger partial charge in [-0.05, 0) is 13.0 Å². The van der Waals surface area contributed by atoms with Gasteiger partial charge in [0.15, 0.2) is 0 Å². The Hall–Kier alpha value is -1.35. The van der Waals surface area contributed by atoms with Gasteiger partial charge in [0.2, 0.25) is 0 Å². The highest BCUT2D eigenvalue weighted by molar-refractivity contribution is 7.10. The maximum absolute atomic E-state index is 12.2. The average molecular weight is 281 g/mol. The van der Waals surface area contributed by atoms with Crippen molar-refractivity contribution < 1.29 is 14.6 Å². The van der Waals surface area contributed by atoms with E-state index < -0.39 is 0 Å². The smallest absolute Gasteiger partial charge is 0.254 e. The summed E-state index contributed by atoms with van der Waals surface area (Å²) in [7, 11) is 3.38. The summed E-state index contributed by atoms with van der Waals surface area (Å²) < 4.78 is 5.04. The Bertz CT molecular complexity index is 473. The number of aliphatic hydroxyl groups is 1. The molecule has 4 nitrogen and oxygen atoms in total. The minimum absolute atomic E-state index is 0.0290. The number of amides is 1. The van der Waals surface area contributed by atoms with E-state index in [9.17, 15) is 4.79 Å². The summed E-state index contributed by atoms with van der Waals surface area (Å²) in [6.45, 7) is 2.51. The highest BCUT2D eigenvalue weighted by Crippen LogP contribution is 2.16. The number of hydrogen-bond acceptors (Lipinski definition) is 4.